The van der Waals surface area contributed by atoms with Crippen LogP contribution in [0.4, 0.5) is 0 Å². The van der Waals surface area contributed by atoms with Gasteiger partial charge < -0.3 is 9.64 Å². The molecule has 1 amide bonds. The number of ether oxygens (including phenoxy) is 1. The van der Waals surface area contributed by atoms with Gasteiger partial charge in [0, 0.05) is 51.7 Å². The molecular weight excluding hydrogens is 338 g/mol. The molecule has 1 aromatic heterocycles. The lowest BCUT2D eigenvalue weighted by Gasteiger charge is -2.48. The van der Waals surface area contributed by atoms with E-state index in [1.54, 1.807) is 7.11 Å². The average Bonchev–Trinajstić information content (AvgIpc) is 2.59. The van der Waals surface area contributed by atoms with Crippen molar-refractivity contribution in [2.75, 3.05) is 39.9 Å². The number of likely N-dealkylation sites (tertiary alicyclic amines) is 2. The molecule has 138 valence electrons. The predicted molar refractivity (Wildman–Crippen MR) is 98.5 cm³/mol. The maximum Gasteiger partial charge on any atom is 0.222 e. The summed E-state index contributed by atoms with van der Waals surface area (Å²) in [6.45, 7) is 5.37. The molecule has 25 heavy (non-hydrogen) atoms. The Morgan fingerprint density at radius 2 is 2.20 bits per heavy atom. The second-order valence-electron chi connectivity index (χ2n) is 7.43. The number of carbonyl (C=O) groups is 1. The van der Waals surface area contributed by atoms with E-state index >= 15 is 0 Å². The second-order valence-corrected chi connectivity index (χ2v) is 7.81. The quantitative estimate of drug-likeness (QED) is 0.574. The summed E-state index contributed by atoms with van der Waals surface area (Å²) < 4.78 is 5.13. The highest BCUT2D eigenvalue weighted by Crippen LogP contribution is 2.39. The monoisotopic (exact) mass is 365 g/mol. The molecule has 0 bridgehead atoms. The van der Waals surface area contributed by atoms with Crippen LogP contribution in [0, 0.1) is 5.41 Å². The molecule has 2 saturated heterocycles. The van der Waals surface area contributed by atoms with Crippen LogP contribution in [-0.4, -0.2) is 60.6 Å². The number of pyridine rings is 1. The van der Waals surface area contributed by atoms with Gasteiger partial charge in [-0.2, -0.15) is 0 Å². The van der Waals surface area contributed by atoms with Crippen molar-refractivity contribution in [1.82, 2.24) is 14.8 Å². The van der Waals surface area contributed by atoms with Crippen LogP contribution in [0.5, 0.6) is 0 Å². The molecule has 1 atom stereocenters. The summed E-state index contributed by atoms with van der Waals surface area (Å²) in [6.07, 6.45) is 4.98. The Hall–Kier alpha value is -1.17. The van der Waals surface area contributed by atoms with E-state index in [2.05, 4.69) is 14.8 Å². The van der Waals surface area contributed by atoms with Crippen LogP contribution in [0.1, 0.15) is 37.8 Å². The minimum absolute atomic E-state index is 0.234. The first kappa shape index (κ1) is 18.6. The molecule has 0 aromatic carbocycles. The summed E-state index contributed by atoms with van der Waals surface area (Å²) in [5.74, 6) is 0.301. The Morgan fingerprint density at radius 3 is 3.00 bits per heavy atom. The predicted octanol–water partition coefficient (Wildman–Crippen LogP) is 2.98. The van der Waals surface area contributed by atoms with Gasteiger partial charge in [-0.05, 0) is 44.4 Å². The van der Waals surface area contributed by atoms with Crippen molar-refractivity contribution in [1.29, 1.82) is 0 Å². The Labute approximate surface area is 155 Å². The normalized spacial score (nSPS) is 24.9. The Morgan fingerprint density at radius 1 is 1.32 bits per heavy atom. The SMILES string of the molecule is COCCCN1CC2(CCCN(Cc3cccc(Cl)n3)C2)CCC1=O. The number of halogens is 1. The van der Waals surface area contributed by atoms with E-state index < -0.39 is 0 Å². The first-order valence-electron chi connectivity index (χ1n) is 9.21. The molecule has 1 unspecified atom stereocenters. The number of piperidine rings is 2. The van der Waals surface area contributed by atoms with Gasteiger partial charge in [0.25, 0.3) is 0 Å². The maximum absolute atomic E-state index is 12.3. The minimum Gasteiger partial charge on any atom is -0.385 e. The van der Waals surface area contributed by atoms with E-state index in [0.717, 1.165) is 51.3 Å². The highest BCUT2D eigenvalue weighted by molar-refractivity contribution is 6.29. The zero-order valence-electron chi connectivity index (χ0n) is 15.0. The van der Waals surface area contributed by atoms with Gasteiger partial charge in [-0.15, -0.1) is 0 Å². The molecule has 0 radical (unpaired) electrons. The van der Waals surface area contributed by atoms with E-state index in [-0.39, 0.29) is 5.41 Å². The summed E-state index contributed by atoms with van der Waals surface area (Å²) in [5, 5.41) is 0.553. The second kappa shape index (κ2) is 8.47. The lowest BCUT2D eigenvalue weighted by molar-refractivity contribution is -0.139. The van der Waals surface area contributed by atoms with Crippen LogP contribution < -0.4 is 0 Å². The first-order valence-corrected chi connectivity index (χ1v) is 9.59. The van der Waals surface area contributed by atoms with E-state index in [0.29, 0.717) is 24.1 Å². The number of hydrogen-bond donors (Lipinski definition) is 0. The fourth-order valence-electron chi connectivity index (χ4n) is 4.25. The Bertz CT molecular complexity index is 598. The number of aromatic nitrogens is 1. The molecule has 5 nitrogen and oxygen atoms in total. The van der Waals surface area contributed by atoms with E-state index in [1.807, 2.05) is 18.2 Å². The van der Waals surface area contributed by atoms with Crippen LogP contribution in [0.15, 0.2) is 18.2 Å². The summed E-state index contributed by atoms with van der Waals surface area (Å²) in [7, 11) is 1.71. The topological polar surface area (TPSA) is 45.7 Å². The number of carbonyl (C=O) groups excluding carboxylic acids is 1. The van der Waals surface area contributed by atoms with Gasteiger partial charge in [0.1, 0.15) is 5.15 Å². The minimum atomic E-state index is 0.234. The summed E-state index contributed by atoms with van der Waals surface area (Å²) in [4.78, 5) is 21.2. The number of methoxy groups -OCH3 is 1. The van der Waals surface area contributed by atoms with Crippen molar-refractivity contribution in [3.05, 3.63) is 29.0 Å². The molecule has 6 heteroatoms. The van der Waals surface area contributed by atoms with Gasteiger partial charge in [0.2, 0.25) is 5.91 Å². The molecule has 1 aromatic rings. The molecule has 0 N–H and O–H groups in total. The molecule has 1 spiro atoms. The molecular formula is C19H28ClN3O2. The first-order chi connectivity index (χ1) is 12.1. The van der Waals surface area contributed by atoms with Crippen LogP contribution in [0.25, 0.3) is 0 Å². The number of nitrogens with zero attached hydrogens (tertiary/aromatic N) is 3. The standard InChI is InChI=1S/C19H28ClN3O2/c1-25-12-4-11-23-15-19(9-7-18(23)24)8-3-10-22(14-19)13-16-5-2-6-17(20)21-16/h2,5-6H,3-4,7-15H2,1H3. The number of amides is 1. The van der Waals surface area contributed by atoms with Crippen LogP contribution in [0.3, 0.4) is 0 Å². The van der Waals surface area contributed by atoms with E-state index in [4.69, 9.17) is 16.3 Å². The lowest BCUT2D eigenvalue weighted by atomic mass is 9.73. The van der Waals surface area contributed by atoms with Crippen LogP contribution in [0.2, 0.25) is 5.15 Å². The van der Waals surface area contributed by atoms with Gasteiger partial charge in [0.05, 0.1) is 5.69 Å². The third kappa shape index (κ3) is 4.93. The smallest absolute Gasteiger partial charge is 0.222 e. The zero-order chi connectivity index (χ0) is 17.7. The van der Waals surface area contributed by atoms with Gasteiger partial charge in [-0.3, -0.25) is 9.69 Å². The molecule has 0 saturated carbocycles. The van der Waals surface area contributed by atoms with Gasteiger partial charge in [0.15, 0.2) is 0 Å². The third-order valence-electron chi connectivity index (χ3n) is 5.42. The average molecular weight is 366 g/mol. The van der Waals surface area contributed by atoms with Crippen molar-refractivity contribution >= 4 is 17.5 Å². The highest BCUT2D eigenvalue weighted by atomic mass is 35.5. The lowest BCUT2D eigenvalue weighted by Crippen LogP contribution is -2.54. The van der Waals surface area contributed by atoms with Crippen molar-refractivity contribution in [3.8, 4) is 0 Å². The largest absolute Gasteiger partial charge is 0.385 e. The van der Waals surface area contributed by atoms with Gasteiger partial charge in [-0.25, -0.2) is 4.98 Å². The van der Waals surface area contributed by atoms with Gasteiger partial charge in [-0.1, -0.05) is 17.7 Å². The number of rotatable bonds is 6. The Balaban J connectivity index is 1.61. The van der Waals surface area contributed by atoms with Crippen LogP contribution >= 0.6 is 11.6 Å². The molecule has 2 aliphatic rings. The van der Waals surface area contributed by atoms with Crippen molar-refractivity contribution in [2.24, 2.45) is 5.41 Å². The number of hydrogen-bond acceptors (Lipinski definition) is 4. The summed E-state index contributed by atoms with van der Waals surface area (Å²) in [6, 6.07) is 5.81. The van der Waals surface area contributed by atoms with E-state index in [9.17, 15) is 4.79 Å². The molecule has 2 aliphatic heterocycles. The van der Waals surface area contributed by atoms with Crippen LogP contribution in [-0.2, 0) is 16.1 Å². The van der Waals surface area contributed by atoms with E-state index in [1.165, 1.54) is 12.8 Å². The summed E-state index contributed by atoms with van der Waals surface area (Å²) in [5.41, 5.74) is 1.26. The molecule has 0 aliphatic carbocycles. The zero-order valence-corrected chi connectivity index (χ0v) is 15.8. The fraction of sp³-hybridized carbons (Fsp3) is 0.684. The van der Waals surface area contributed by atoms with Gasteiger partial charge >= 0.3 is 0 Å². The van der Waals surface area contributed by atoms with Crippen molar-refractivity contribution in [3.63, 3.8) is 0 Å². The third-order valence-corrected chi connectivity index (χ3v) is 5.63. The molecule has 2 fully saturated rings. The summed E-state index contributed by atoms with van der Waals surface area (Å²) >= 11 is 6.02. The maximum atomic E-state index is 12.3. The Kier molecular flexibility index (Phi) is 6.31. The highest BCUT2D eigenvalue weighted by Gasteiger charge is 2.41. The molecule has 3 rings (SSSR count). The van der Waals surface area contributed by atoms with Crippen molar-refractivity contribution < 1.29 is 9.53 Å². The van der Waals surface area contributed by atoms with Crippen molar-refractivity contribution in [2.45, 2.75) is 38.6 Å². The molecule has 3 heterocycles. The fourth-order valence-corrected chi connectivity index (χ4v) is 4.43.